The average Bonchev–Trinajstić information content (AvgIpc) is 2.48. The van der Waals surface area contributed by atoms with E-state index < -0.39 is 5.91 Å². The highest BCUT2D eigenvalue weighted by atomic mass is 19.1. The van der Waals surface area contributed by atoms with Crippen LogP contribution in [0.3, 0.4) is 0 Å². The summed E-state index contributed by atoms with van der Waals surface area (Å²) in [5.74, 6) is -0.813. The number of carbonyl (C=O) groups is 1. The number of quaternary nitrogens is 1. The Bertz CT molecular complexity index is 654. The monoisotopic (exact) mass is 302 g/mol. The molecule has 0 saturated heterocycles. The molecule has 0 aliphatic heterocycles. The van der Waals surface area contributed by atoms with Crippen LogP contribution in [0.5, 0.6) is 0 Å². The number of hydrogen-bond acceptors (Lipinski definition) is 2. The van der Waals surface area contributed by atoms with Crippen LogP contribution in [0.4, 0.5) is 4.39 Å². The Hall–Kier alpha value is -2.24. The summed E-state index contributed by atoms with van der Waals surface area (Å²) < 4.78 is 13.1. The zero-order valence-electron chi connectivity index (χ0n) is 12.4. The number of aryl methyl sites for hydroxylation is 1. The van der Waals surface area contributed by atoms with Crippen LogP contribution in [0.15, 0.2) is 42.5 Å². The number of amides is 1. The Labute approximate surface area is 128 Å². The maximum absolute atomic E-state index is 13.1. The maximum Gasteiger partial charge on any atom is 0.248 e. The van der Waals surface area contributed by atoms with Crippen molar-refractivity contribution in [3.8, 4) is 11.1 Å². The summed E-state index contributed by atoms with van der Waals surface area (Å²) in [7, 11) is 1.57. The standard InChI is InChI=1S/C17H19FN2O2/c1-20(22)10-2-3-12-4-5-14(17(19)21)11-16(12)13-6-8-15(18)9-7-13/h4-9,11,20H,2-3,10H2,1H3,(H2,19,21). The van der Waals surface area contributed by atoms with Crippen molar-refractivity contribution in [1.29, 1.82) is 0 Å². The van der Waals surface area contributed by atoms with Crippen LogP contribution < -0.4 is 10.8 Å². The SMILES string of the molecule is C[NH+]([O-])CCCc1ccc(C(N)=O)cc1-c1ccc(F)cc1. The fraction of sp³-hybridized carbons (Fsp3) is 0.235. The lowest BCUT2D eigenvalue weighted by atomic mass is 9.94. The number of rotatable bonds is 6. The van der Waals surface area contributed by atoms with Crippen LogP contribution in [0.2, 0.25) is 0 Å². The fourth-order valence-corrected chi connectivity index (χ4v) is 2.37. The van der Waals surface area contributed by atoms with Gasteiger partial charge in [0, 0.05) is 12.0 Å². The molecule has 0 heterocycles. The van der Waals surface area contributed by atoms with Crippen LogP contribution in [0.25, 0.3) is 11.1 Å². The molecule has 1 atom stereocenters. The van der Waals surface area contributed by atoms with Crippen molar-refractivity contribution in [2.24, 2.45) is 5.73 Å². The molecule has 0 bridgehead atoms. The molecule has 2 aromatic rings. The molecule has 0 spiro atoms. The lowest BCUT2D eigenvalue weighted by Crippen LogP contribution is -3.03. The molecule has 3 N–H and O–H groups in total. The molecule has 1 amide bonds. The van der Waals surface area contributed by atoms with E-state index in [4.69, 9.17) is 5.73 Å². The van der Waals surface area contributed by atoms with Crippen LogP contribution in [-0.4, -0.2) is 19.5 Å². The predicted molar refractivity (Wildman–Crippen MR) is 83.8 cm³/mol. The third-order valence-corrected chi connectivity index (χ3v) is 3.52. The summed E-state index contributed by atoms with van der Waals surface area (Å²) in [6, 6.07) is 11.3. The molecule has 0 aromatic heterocycles. The van der Waals surface area contributed by atoms with Gasteiger partial charge >= 0.3 is 0 Å². The van der Waals surface area contributed by atoms with Crippen molar-refractivity contribution >= 4 is 5.91 Å². The van der Waals surface area contributed by atoms with Crippen LogP contribution >= 0.6 is 0 Å². The highest BCUT2D eigenvalue weighted by Crippen LogP contribution is 2.26. The van der Waals surface area contributed by atoms with Gasteiger partial charge in [0.25, 0.3) is 0 Å². The fourth-order valence-electron chi connectivity index (χ4n) is 2.37. The zero-order chi connectivity index (χ0) is 16.1. The van der Waals surface area contributed by atoms with Gasteiger partial charge in [0.05, 0.1) is 13.6 Å². The minimum atomic E-state index is -0.501. The first-order valence-corrected chi connectivity index (χ1v) is 7.15. The molecule has 1 unspecified atom stereocenters. The van der Waals surface area contributed by atoms with Crippen molar-refractivity contribution in [3.05, 3.63) is 64.6 Å². The molecule has 22 heavy (non-hydrogen) atoms. The second-order valence-electron chi connectivity index (χ2n) is 5.30. The molecular formula is C17H19FN2O2. The number of hydroxylamine groups is 2. The summed E-state index contributed by atoms with van der Waals surface area (Å²) in [4.78, 5) is 11.4. The molecule has 2 rings (SSSR count). The number of nitrogens with two attached hydrogens (primary N) is 1. The largest absolute Gasteiger partial charge is 0.634 e. The zero-order valence-corrected chi connectivity index (χ0v) is 12.4. The van der Waals surface area contributed by atoms with Gasteiger partial charge in [-0.1, -0.05) is 18.2 Å². The van der Waals surface area contributed by atoms with E-state index in [1.807, 2.05) is 6.07 Å². The molecule has 0 saturated carbocycles. The van der Waals surface area contributed by atoms with E-state index in [1.165, 1.54) is 12.1 Å². The van der Waals surface area contributed by atoms with Gasteiger partial charge in [-0.05, 0) is 47.4 Å². The third kappa shape index (κ3) is 4.13. The van der Waals surface area contributed by atoms with Gasteiger partial charge in [-0.2, -0.15) is 0 Å². The summed E-state index contributed by atoms with van der Waals surface area (Å²) in [5.41, 5.74) is 8.42. The second kappa shape index (κ2) is 7.15. The first-order chi connectivity index (χ1) is 10.5. The van der Waals surface area contributed by atoms with Gasteiger partial charge in [-0.25, -0.2) is 4.39 Å². The summed E-state index contributed by atoms with van der Waals surface area (Å²) in [5, 5.41) is 11.2. The minimum absolute atomic E-state index is 0.150. The second-order valence-corrected chi connectivity index (χ2v) is 5.30. The quantitative estimate of drug-likeness (QED) is 0.795. The average molecular weight is 302 g/mol. The van der Waals surface area contributed by atoms with Crippen LogP contribution in [-0.2, 0) is 6.42 Å². The normalized spacial score (nSPS) is 12.1. The van der Waals surface area contributed by atoms with Crippen LogP contribution in [0, 0.1) is 11.0 Å². The van der Waals surface area contributed by atoms with Gasteiger partial charge in [0.15, 0.2) is 0 Å². The molecular weight excluding hydrogens is 283 g/mol. The lowest BCUT2D eigenvalue weighted by Gasteiger charge is -2.16. The van der Waals surface area contributed by atoms with Crippen LogP contribution in [0.1, 0.15) is 22.3 Å². The van der Waals surface area contributed by atoms with Gasteiger partial charge < -0.3 is 16.0 Å². The highest BCUT2D eigenvalue weighted by molar-refractivity contribution is 5.94. The molecule has 4 nitrogen and oxygen atoms in total. The molecule has 2 aromatic carbocycles. The first kappa shape index (κ1) is 16.1. The number of primary amides is 1. The summed E-state index contributed by atoms with van der Waals surface area (Å²) >= 11 is 0. The van der Waals surface area contributed by atoms with E-state index in [1.54, 1.807) is 31.3 Å². The summed E-state index contributed by atoms with van der Waals surface area (Å²) in [6.45, 7) is 0.514. The van der Waals surface area contributed by atoms with E-state index in [0.29, 0.717) is 18.5 Å². The molecule has 0 aliphatic carbocycles. The number of nitrogens with one attached hydrogen (secondary N) is 1. The molecule has 0 aliphatic rings. The number of benzene rings is 2. The Morgan fingerprint density at radius 2 is 1.91 bits per heavy atom. The maximum atomic E-state index is 13.1. The van der Waals surface area contributed by atoms with Gasteiger partial charge in [0.1, 0.15) is 5.82 Å². The molecule has 0 fully saturated rings. The number of halogens is 1. The Morgan fingerprint density at radius 1 is 1.23 bits per heavy atom. The minimum Gasteiger partial charge on any atom is -0.634 e. The van der Waals surface area contributed by atoms with E-state index in [9.17, 15) is 14.4 Å². The van der Waals surface area contributed by atoms with Gasteiger partial charge in [0.2, 0.25) is 5.91 Å². The van der Waals surface area contributed by atoms with E-state index >= 15 is 0 Å². The topological polar surface area (TPSA) is 70.6 Å². The molecule has 116 valence electrons. The highest BCUT2D eigenvalue weighted by Gasteiger charge is 2.10. The Morgan fingerprint density at radius 3 is 2.50 bits per heavy atom. The molecule has 5 heteroatoms. The van der Waals surface area contributed by atoms with E-state index in [-0.39, 0.29) is 10.9 Å². The number of carbonyl (C=O) groups excluding carboxylic acids is 1. The van der Waals surface area contributed by atoms with Crippen molar-refractivity contribution in [3.63, 3.8) is 0 Å². The van der Waals surface area contributed by atoms with E-state index in [0.717, 1.165) is 23.1 Å². The number of hydrogen-bond donors (Lipinski definition) is 2. The van der Waals surface area contributed by atoms with Crippen molar-refractivity contribution in [2.75, 3.05) is 13.6 Å². The van der Waals surface area contributed by atoms with Crippen molar-refractivity contribution in [2.45, 2.75) is 12.8 Å². The Balaban J connectivity index is 2.35. The third-order valence-electron chi connectivity index (χ3n) is 3.52. The predicted octanol–water partition coefficient (Wildman–Crippen LogP) is 1.54. The van der Waals surface area contributed by atoms with Crippen molar-refractivity contribution in [1.82, 2.24) is 0 Å². The smallest absolute Gasteiger partial charge is 0.248 e. The first-order valence-electron chi connectivity index (χ1n) is 7.15. The van der Waals surface area contributed by atoms with Gasteiger partial charge in [-0.15, -0.1) is 0 Å². The molecule has 0 radical (unpaired) electrons. The van der Waals surface area contributed by atoms with E-state index in [2.05, 4.69) is 0 Å². The van der Waals surface area contributed by atoms with Crippen molar-refractivity contribution < 1.29 is 14.2 Å². The summed E-state index contributed by atoms with van der Waals surface area (Å²) in [6.07, 6.45) is 1.45. The van der Waals surface area contributed by atoms with Gasteiger partial charge in [-0.3, -0.25) is 4.79 Å². The Kier molecular flexibility index (Phi) is 5.25. The lowest BCUT2D eigenvalue weighted by molar-refractivity contribution is -0.826.